The number of aliphatic imine (C=N–C) groups is 1. The van der Waals surface area contributed by atoms with Gasteiger partial charge in [0.15, 0.2) is 5.96 Å². The SMILES string of the molecule is C=CCNC(=NCc1ccccc1Cl)Nc1cc(C(C)(C)C)ccc1O. The van der Waals surface area contributed by atoms with Crippen molar-refractivity contribution in [3.8, 4) is 5.75 Å². The first-order chi connectivity index (χ1) is 12.3. The Morgan fingerprint density at radius 2 is 1.96 bits per heavy atom. The number of guanidine groups is 1. The minimum Gasteiger partial charge on any atom is -0.506 e. The molecule has 138 valence electrons. The summed E-state index contributed by atoms with van der Waals surface area (Å²) in [7, 11) is 0. The van der Waals surface area contributed by atoms with Crippen LogP contribution in [0.1, 0.15) is 31.9 Å². The number of hydrogen-bond donors (Lipinski definition) is 3. The summed E-state index contributed by atoms with van der Waals surface area (Å²) < 4.78 is 0. The van der Waals surface area contributed by atoms with Crippen LogP contribution in [0, 0.1) is 0 Å². The van der Waals surface area contributed by atoms with Gasteiger partial charge < -0.3 is 15.7 Å². The lowest BCUT2D eigenvalue weighted by atomic mass is 9.87. The molecule has 0 unspecified atom stereocenters. The predicted molar refractivity (Wildman–Crippen MR) is 111 cm³/mol. The van der Waals surface area contributed by atoms with Gasteiger partial charge in [-0.25, -0.2) is 4.99 Å². The van der Waals surface area contributed by atoms with Crippen molar-refractivity contribution in [2.24, 2.45) is 4.99 Å². The maximum Gasteiger partial charge on any atom is 0.196 e. The maximum atomic E-state index is 10.2. The van der Waals surface area contributed by atoms with Crippen LogP contribution >= 0.6 is 11.6 Å². The van der Waals surface area contributed by atoms with Crippen LogP contribution in [-0.4, -0.2) is 17.6 Å². The Labute approximate surface area is 160 Å². The lowest BCUT2D eigenvalue weighted by Crippen LogP contribution is -2.31. The van der Waals surface area contributed by atoms with Crippen LogP contribution in [0.3, 0.4) is 0 Å². The van der Waals surface area contributed by atoms with Gasteiger partial charge in [-0.15, -0.1) is 6.58 Å². The van der Waals surface area contributed by atoms with Crippen molar-refractivity contribution in [2.45, 2.75) is 32.7 Å². The summed E-state index contributed by atoms with van der Waals surface area (Å²) >= 11 is 6.20. The number of halogens is 1. The van der Waals surface area contributed by atoms with E-state index in [9.17, 15) is 5.11 Å². The highest BCUT2D eigenvalue weighted by Crippen LogP contribution is 2.30. The molecule has 0 aliphatic rings. The lowest BCUT2D eigenvalue weighted by molar-refractivity contribution is 0.476. The van der Waals surface area contributed by atoms with Crippen molar-refractivity contribution in [3.05, 3.63) is 71.3 Å². The van der Waals surface area contributed by atoms with Gasteiger partial charge in [0.05, 0.1) is 12.2 Å². The summed E-state index contributed by atoms with van der Waals surface area (Å²) in [6, 6.07) is 13.2. The first kappa shape index (κ1) is 19.9. The topological polar surface area (TPSA) is 56.7 Å². The molecule has 0 radical (unpaired) electrons. The van der Waals surface area contributed by atoms with Crippen molar-refractivity contribution in [2.75, 3.05) is 11.9 Å². The first-order valence-electron chi connectivity index (χ1n) is 8.54. The summed E-state index contributed by atoms with van der Waals surface area (Å²) in [5.74, 6) is 0.718. The van der Waals surface area contributed by atoms with Gasteiger partial charge in [0, 0.05) is 11.6 Å². The van der Waals surface area contributed by atoms with E-state index >= 15 is 0 Å². The van der Waals surface area contributed by atoms with E-state index in [1.54, 1.807) is 12.1 Å². The molecule has 0 atom stereocenters. The second kappa shape index (κ2) is 8.77. The molecule has 2 aromatic carbocycles. The molecular weight excluding hydrogens is 346 g/mol. The van der Waals surface area contributed by atoms with Crippen LogP contribution in [0.4, 0.5) is 5.69 Å². The highest BCUT2D eigenvalue weighted by molar-refractivity contribution is 6.31. The molecule has 26 heavy (non-hydrogen) atoms. The molecule has 5 heteroatoms. The molecule has 0 saturated heterocycles. The molecule has 0 aliphatic carbocycles. The Bertz CT molecular complexity index is 794. The van der Waals surface area contributed by atoms with Crippen molar-refractivity contribution >= 4 is 23.2 Å². The van der Waals surface area contributed by atoms with Crippen LogP contribution in [-0.2, 0) is 12.0 Å². The summed E-state index contributed by atoms with van der Waals surface area (Å²) in [6.45, 7) is 11.1. The molecule has 0 bridgehead atoms. The molecule has 3 N–H and O–H groups in total. The third kappa shape index (κ3) is 5.53. The Morgan fingerprint density at radius 1 is 1.23 bits per heavy atom. The molecule has 0 heterocycles. The standard InChI is InChI=1S/C21H26ClN3O/c1-5-12-23-20(24-14-15-8-6-7-9-17(15)22)25-18-13-16(21(2,3)4)10-11-19(18)26/h5-11,13,26H,1,12,14H2,2-4H3,(H2,23,24,25). The zero-order valence-electron chi connectivity index (χ0n) is 15.5. The third-order valence-electron chi connectivity index (χ3n) is 3.89. The smallest absolute Gasteiger partial charge is 0.196 e. The van der Waals surface area contributed by atoms with E-state index in [1.807, 2.05) is 36.4 Å². The van der Waals surface area contributed by atoms with Crippen molar-refractivity contribution in [3.63, 3.8) is 0 Å². The number of hydrogen-bond acceptors (Lipinski definition) is 2. The summed E-state index contributed by atoms with van der Waals surface area (Å²) in [4.78, 5) is 4.57. The molecule has 0 saturated carbocycles. The van der Waals surface area contributed by atoms with Crippen LogP contribution in [0.2, 0.25) is 5.02 Å². The van der Waals surface area contributed by atoms with Gasteiger partial charge in [-0.2, -0.15) is 0 Å². The van der Waals surface area contributed by atoms with Crippen molar-refractivity contribution < 1.29 is 5.11 Å². The molecule has 0 aliphatic heterocycles. The first-order valence-corrected chi connectivity index (χ1v) is 8.92. The Morgan fingerprint density at radius 3 is 2.62 bits per heavy atom. The van der Waals surface area contributed by atoms with E-state index in [4.69, 9.17) is 11.6 Å². The monoisotopic (exact) mass is 371 g/mol. The fraction of sp³-hybridized carbons (Fsp3) is 0.286. The lowest BCUT2D eigenvalue weighted by Gasteiger charge is -2.21. The van der Waals surface area contributed by atoms with Gasteiger partial charge in [0.25, 0.3) is 0 Å². The maximum absolute atomic E-state index is 10.2. The van der Waals surface area contributed by atoms with Crippen LogP contribution < -0.4 is 10.6 Å². The highest BCUT2D eigenvalue weighted by Gasteiger charge is 2.16. The minimum absolute atomic E-state index is 0.0203. The molecule has 2 rings (SSSR count). The van der Waals surface area contributed by atoms with Gasteiger partial charge in [0.1, 0.15) is 5.75 Å². The molecule has 0 fully saturated rings. The fourth-order valence-corrected chi connectivity index (χ4v) is 2.53. The quantitative estimate of drug-likeness (QED) is 0.297. The minimum atomic E-state index is -0.0203. The molecular formula is C21H26ClN3O. The predicted octanol–water partition coefficient (Wildman–Crippen LogP) is 5.09. The van der Waals surface area contributed by atoms with E-state index < -0.39 is 0 Å². The number of phenolic OH excluding ortho intramolecular Hbond substituents is 1. The highest BCUT2D eigenvalue weighted by atomic mass is 35.5. The molecule has 0 aromatic heterocycles. The second-order valence-corrected chi connectivity index (χ2v) is 7.44. The fourth-order valence-electron chi connectivity index (χ4n) is 2.33. The Hall–Kier alpha value is -2.46. The van der Waals surface area contributed by atoms with Crippen molar-refractivity contribution in [1.82, 2.24) is 5.32 Å². The van der Waals surface area contributed by atoms with E-state index in [0.717, 1.165) is 11.1 Å². The third-order valence-corrected chi connectivity index (χ3v) is 4.26. The second-order valence-electron chi connectivity index (χ2n) is 7.03. The number of rotatable bonds is 5. The number of aromatic hydroxyl groups is 1. The zero-order chi connectivity index (χ0) is 19.2. The van der Waals surface area contributed by atoms with E-state index in [0.29, 0.717) is 29.8 Å². The summed E-state index contributed by atoms with van der Waals surface area (Å²) in [6.07, 6.45) is 1.75. The largest absolute Gasteiger partial charge is 0.506 e. The number of anilines is 1. The molecule has 4 nitrogen and oxygen atoms in total. The molecule has 2 aromatic rings. The normalized spacial score (nSPS) is 11.9. The Kier molecular flexibility index (Phi) is 6.70. The average molecular weight is 372 g/mol. The van der Waals surface area contributed by atoms with E-state index in [-0.39, 0.29) is 11.2 Å². The summed E-state index contributed by atoms with van der Waals surface area (Å²) in [5.41, 5.74) is 2.63. The van der Waals surface area contributed by atoms with E-state index in [2.05, 4.69) is 43.0 Å². The number of phenols is 1. The van der Waals surface area contributed by atoms with Gasteiger partial charge >= 0.3 is 0 Å². The number of nitrogens with one attached hydrogen (secondary N) is 2. The van der Waals surface area contributed by atoms with Gasteiger partial charge in [-0.1, -0.05) is 62.7 Å². The molecule has 0 spiro atoms. The van der Waals surface area contributed by atoms with Gasteiger partial charge in [-0.05, 0) is 34.7 Å². The van der Waals surface area contributed by atoms with Crippen LogP contribution in [0.15, 0.2) is 60.1 Å². The Balaban J connectivity index is 2.26. The summed E-state index contributed by atoms with van der Waals surface area (Å²) in [5, 5.41) is 17.2. The zero-order valence-corrected chi connectivity index (χ0v) is 16.3. The van der Waals surface area contributed by atoms with Crippen LogP contribution in [0.25, 0.3) is 0 Å². The van der Waals surface area contributed by atoms with Gasteiger partial charge in [-0.3, -0.25) is 0 Å². The van der Waals surface area contributed by atoms with E-state index in [1.165, 1.54) is 0 Å². The van der Waals surface area contributed by atoms with Crippen molar-refractivity contribution in [1.29, 1.82) is 0 Å². The molecule has 0 amide bonds. The number of nitrogens with zero attached hydrogens (tertiary/aromatic N) is 1. The van der Waals surface area contributed by atoms with Crippen LogP contribution in [0.5, 0.6) is 5.75 Å². The number of benzene rings is 2. The van der Waals surface area contributed by atoms with Gasteiger partial charge in [0.2, 0.25) is 0 Å². The average Bonchev–Trinajstić information content (AvgIpc) is 2.59.